The molecule has 1 aromatic heterocycles. The molecule has 0 aromatic carbocycles. The van der Waals surface area contributed by atoms with Gasteiger partial charge in [0.25, 0.3) is 10.0 Å². The van der Waals surface area contributed by atoms with Crippen molar-refractivity contribution in [3.63, 3.8) is 0 Å². The summed E-state index contributed by atoms with van der Waals surface area (Å²) < 4.78 is 32.3. The zero-order valence-corrected chi connectivity index (χ0v) is 12.7. The molecule has 4 nitrogen and oxygen atoms in total. The molecule has 0 N–H and O–H groups in total. The molecule has 1 aliphatic rings. The average Bonchev–Trinajstić information content (AvgIpc) is 2.76. The van der Waals surface area contributed by atoms with Crippen LogP contribution in [0.3, 0.4) is 0 Å². The number of nitrogens with zero attached hydrogens (tertiary/aromatic N) is 1. The lowest BCUT2D eigenvalue weighted by atomic mass is 10.3. The molecule has 2 rings (SSSR count). The quantitative estimate of drug-likeness (QED) is 0.805. The summed E-state index contributed by atoms with van der Waals surface area (Å²) in [4.78, 5) is 0.865. The highest BCUT2D eigenvalue weighted by molar-refractivity contribution is 7.91. The van der Waals surface area contributed by atoms with E-state index in [1.54, 1.807) is 12.1 Å². The molecule has 0 saturated carbocycles. The van der Waals surface area contributed by atoms with Gasteiger partial charge in [0.1, 0.15) is 4.21 Å². The Hall–Kier alpha value is -0.140. The van der Waals surface area contributed by atoms with E-state index in [0.717, 1.165) is 4.88 Å². The van der Waals surface area contributed by atoms with E-state index in [1.165, 1.54) is 15.6 Å². The van der Waals surface area contributed by atoms with Crippen molar-refractivity contribution >= 4 is 33.0 Å². The average molecular weight is 310 g/mol. The molecule has 18 heavy (non-hydrogen) atoms. The van der Waals surface area contributed by atoms with Crippen LogP contribution in [-0.4, -0.2) is 38.0 Å². The van der Waals surface area contributed by atoms with Gasteiger partial charge in [-0.15, -0.1) is 22.9 Å². The first-order valence-electron chi connectivity index (χ1n) is 5.73. The normalized spacial score (nSPS) is 26.4. The van der Waals surface area contributed by atoms with Crippen LogP contribution in [0.5, 0.6) is 0 Å². The number of morpholine rings is 1. The Kier molecular flexibility index (Phi) is 4.33. The second-order valence-electron chi connectivity index (χ2n) is 4.43. The van der Waals surface area contributed by atoms with Crippen molar-refractivity contribution in [2.45, 2.75) is 36.1 Å². The Balaban J connectivity index is 2.25. The van der Waals surface area contributed by atoms with Crippen LogP contribution in [-0.2, 0) is 20.6 Å². The summed E-state index contributed by atoms with van der Waals surface area (Å²) in [5.41, 5.74) is 0. The number of halogens is 1. The fraction of sp³-hybridized carbons (Fsp3) is 0.636. The predicted octanol–water partition coefficient (Wildman–Crippen LogP) is 2.28. The second-order valence-corrected chi connectivity index (χ2v) is 8.03. The molecule has 7 heteroatoms. The number of hydrogen-bond donors (Lipinski definition) is 0. The predicted molar refractivity (Wildman–Crippen MR) is 72.6 cm³/mol. The highest BCUT2D eigenvalue weighted by Crippen LogP contribution is 2.27. The molecular formula is C11H16ClNO3S2. The Labute approximate surface area is 117 Å². The van der Waals surface area contributed by atoms with Crippen LogP contribution < -0.4 is 0 Å². The number of hydrogen-bond acceptors (Lipinski definition) is 4. The summed E-state index contributed by atoms with van der Waals surface area (Å²) in [7, 11) is -3.40. The zero-order valence-electron chi connectivity index (χ0n) is 10.3. The highest BCUT2D eigenvalue weighted by Gasteiger charge is 2.32. The van der Waals surface area contributed by atoms with Crippen LogP contribution in [0, 0.1) is 0 Å². The number of alkyl halides is 1. The van der Waals surface area contributed by atoms with Crippen LogP contribution in [0.25, 0.3) is 0 Å². The number of ether oxygens (including phenoxy) is 1. The Morgan fingerprint density at radius 3 is 2.50 bits per heavy atom. The van der Waals surface area contributed by atoms with Crippen molar-refractivity contribution in [2.75, 3.05) is 13.1 Å². The van der Waals surface area contributed by atoms with Crippen molar-refractivity contribution < 1.29 is 13.2 Å². The molecule has 2 heterocycles. The molecular weight excluding hydrogens is 294 g/mol. The standard InChI is InChI=1S/C11H16ClNO3S2/c1-8-6-13(7-9(2)16-8)18(14,15)11-4-3-10(5-12)17-11/h3-4,8-9H,5-7H2,1-2H3. The van der Waals surface area contributed by atoms with Crippen molar-refractivity contribution in [1.29, 1.82) is 0 Å². The Morgan fingerprint density at radius 1 is 1.39 bits per heavy atom. The maximum absolute atomic E-state index is 12.4. The van der Waals surface area contributed by atoms with Gasteiger partial charge in [-0.3, -0.25) is 0 Å². The first kappa shape index (κ1) is 14.3. The van der Waals surface area contributed by atoms with Crippen molar-refractivity contribution in [3.8, 4) is 0 Å². The first-order chi connectivity index (χ1) is 8.43. The van der Waals surface area contributed by atoms with Gasteiger partial charge in [0.05, 0.1) is 18.1 Å². The van der Waals surface area contributed by atoms with Crippen LogP contribution in [0.1, 0.15) is 18.7 Å². The molecule has 1 fully saturated rings. The van der Waals surface area contributed by atoms with Gasteiger partial charge >= 0.3 is 0 Å². The third-order valence-corrected chi connectivity index (χ3v) is 6.58. The number of sulfonamides is 1. The van der Waals surface area contributed by atoms with Gasteiger partial charge in [0, 0.05) is 18.0 Å². The van der Waals surface area contributed by atoms with E-state index >= 15 is 0 Å². The summed E-state index contributed by atoms with van der Waals surface area (Å²) in [6, 6.07) is 3.39. The smallest absolute Gasteiger partial charge is 0.252 e. The molecule has 1 saturated heterocycles. The molecule has 2 unspecified atom stereocenters. The van der Waals surface area contributed by atoms with E-state index in [2.05, 4.69) is 0 Å². The maximum Gasteiger partial charge on any atom is 0.252 e. The summed E-state index contributed by atoms with van der Waals surface area (Å²) in [5.74, 6) is 0.343. The van der Waals surface area contributed by atoms with Crippen LogP contribution in [0.2, 0.25) is 0 Å². The number of thiophene rings is 1. The topological polar surface area (TPSA) is 46.6 Å². The molecule has 0 bridgehead atoms. The maximum atomic E-state index is 12.4. The molecule has 2 atom stereocenters. The Morgan fingerprint density at radius 2 is 2.00 bits per heavy atom. The lowest BCUT2D eigenvalue weighted by molar-refractivity contribution is -0.0440. The Bertz CT molecular complexity index is 504. The van der Waals surface area contributed by atoms with E-state index < -0.39 is 10.0 Å². The van der Waals surface area contributed by atoms with Gasteiger partial charge in [-0.25, -0.2) is 8.42 Å². The molecule has 0 spiro atoms. The van der Waals surface area contributed by atoms with Gasteiger partial charge in [-0.2, -0.15) is 4.31 Å². The van der Waals surface area contributed by atoms with Crippen LogP contribution in [0.15, 0.2) is 16.3 Å². The fourth-order valence-corrected chi connectivity index (χ4v) is 5.23. The van der Waals surface area contributed by atoms with Crippen molar-refractivity contribution in [3.05, 3.63) is 17.0 Å². The van der Waals surface area contributed by atoms with E-state index in [0.29, 0.717) is 23.2 Å². The number of rotatable bonds is 3. The van der Waals surface area contributed by atoms with Crippen LogP contribution in [0.4, 0.5) is 0 Å². The monoisotopic (exact) mass is 309 g/mol. The van der Waals surface area contributed by atoms with Gasteiger partial charge in [0.2, 0.25) is 0 Å². The SMILES string of the molecule is CC1CN(S(=O)(=O)c2ccc(CCl)s2)CC(C)O1. The summed E-state index contributed by atoms with van der Waals surface area (Å²) in [6.45, 7) is 4.58. The molecule has 1 aliphatic heterocycles. The fourth-order valence-electron chi connectivity index (χ4n) is 2.02. The summed E-state index contributed by atoms with van der Waals surface area (Å²) in [6.07, 6.45) is -0.146. The molecule has 0 aliphatic carbocycles. The third-order valence-electron chi connectivity index (χ3n) is 2.75. The van der Waals surface area contributed by atoms with Crippen molar-refractivity contribution in [1.82, 2.24) is 4.31 Å². The van der Waals surface area contributed by atoms with E-state index in [-0.39, 0.29) is 12.2 Å². The molecule has 1 aromatic rings. The van der Waals surface area contributed by atoms with Crippen LogP contribution >= 0.6 is 22.9 Å². The largest absolute Gasteiger partial charge is 0.373 e. The van der Waals surface area contributed by atoms with Gasteiger partial charge < -0.3 is 4.74 Å². The van der Waals surface area contributed by atoms with E-state index in [4.69, 9.17) is 16.3 Å². The lowest BCUT2D eigenvalue weighted by Crippen LogP contribution is -2.47. The summed E-state index contributed by atoms with van der Waals surface area (Å²) in [5, 5.41) is 0. The zero-order chi connectivity index (χ0) is 13.3. The third kappa shape index (κ3) is 2.88. The van der Waals surface area contributed by atoms with Crippen molar-refractivity contribution in [2.24, 2.45) is 0 Å². The minimum Gasteiger partial charge on any atom is -0.373 e. The minimum absolute atomic E-state index is 0.0732. The second kappa shape index (κ2) is 5.46. The van der Waals surface area contributed by atoms with E-state index in [9.17, 15) is 8.42 Å². The van der Waals surface area contributed by atoms with Gasteiger partial charge in [0.15, 0.2) is 0 Å². The van der Waals surface area contributed by atoms with E-state index in [1.807, 2.05) is 13.8 Å². The van der Waals surface area contributed by atoms with Gasteiger partial charge in [-0.05, 0) is 26.0 Å². The highest BCUT2D eigenvalue weighted by atomic mass is 35.5. The first-order valence-corrected chi connectivity index (χ1v) is 8.53. The molecule has 0 radical (unpaired) electrons. The minimum atomic E-state index is -3.40. The summed E-state index contributed by atoms with van der Waals surface area (Å²) >= 11 is 6.94. The lowest BCUT2D eigenvalue weighted by Gasteiger charge is -2.34. The molecule has 0 amide bonds. The van der Waals surface area contributed by atoms with Gasteiger partial charge in [-0.1, -0.05) is 0 Å². The molecule has 102 valence electrons.